The second-order valence-corrected chi connectivity index (χ2v) is 8.29. The number of anilines is 2. The first-order valence-corrected chi connectivity index (χ1v) is 10.3. The molecule has 0 bridgehead atoms. The molecular weight excluding hydrogens is 356 g/mol. The van der Waals surface area contributed by atoms with E-state index in [-0.39, 0.29) is 5.91 Å². The van der Waals surface area contributed by atoms with Crippen molar-refractivity contribution in [1.82, 2.24) is 4.98 Å². The van der Waals surface area contributed by atoms with E-state index < -0.39 is 0 Å². The highest BCUT2D eigenvalue weighted by Gasteiger charge is 2.15. The predicted octanol–water partition coefficient (Wildman–Crippen LogP) is 2.55. The summed E-state index contributed by atoms with van der Waals surface area (Å²) in [5.41, 5.74) is 3.13. The van der Waals surface area contributed by atoms with E-state index >= 15 is 0 Å². The van der Waals surface area contributed by atoms with Gasteiger partial charge in [0, 0.05) is 24.5 Å². The van der Waals surface area contributed by atoms with E-state index in [1.807, 2.05) is 37.4 Å². The van der Waals surface area contributed by atoms with Crippen LogP contribution in [0.3, 0.4) is 0 Å². The summed E-state index contributed by atoms with van der Waals surface area (Å²) in [5.74, 6) is 0.0301. The lowest BCUT2D eigenvalue weighted by Gasteiger charge is -2.18. The van der Waals surface area contributed by atoms with Crippen molar-refractivity contribution in [3.05, 3.63) is 53.5 Å². The van der Waals surface area contributed by atoms with Crippen molar-refractivity contribution >= 4 is 38.8 Å². The lowest BCUT2D eigenvalue weighted by atomic mass is 10.2. The Labute approximate surface area is 163 Å². The maximum Gasteiger partial charge on any atom is 0.279 e. The monoisotopic (exact) mass is 381 g/mol. The molecule has 0 saturated carbocycles. The van der Waals surface area contributed by atoms with Gasteiger partial charge in [0.1, 0.15) is 11.6 Å². The van der Waals surface area contributed by atoms with Crippen LogP contribution in [-0.4, -0.2) is 37.6 Å². The molecule has 1 aliphatic heterocycles. The van der Waals surface area contributed by atoms with Crippen LogP contribution in [0.25, 0.3) is 10.2 Å². The van der Waals surface area contributed by atoms with Gasteiger partial charge in [0.05, 0.1) is 17.3 Å². The number of amides is 1. The molecule has 0 aliphatic carbocycles. The standard InChI is InChI=1S/C21H24N4OS/c1-24(15-21-23-18-6-2-3-7-19(18)27-21)14-20(26)22-16-8-10-17(11-9-16)25-12-4-5-13-25/h2-3,6-11H,4-5,12-15H2,1H3,(H,22,26)/p+1. The van der Waals surface area contributed by atoms with Crippen molar-refractivity contribution in [2.24, 2.45) is 0 Å². The van der Waals surface area contributed by atoms with Gasteiger partial charge in [0.2, 0.25) is 0 Å². The fourth-order valence-corrected chi connectivity index (χ4v) is 4.61. The van der Waals surface area contributed by atoms with Gasteiger partial charge in [-0.05, 0) is 49.2 Å². The van der Waals surface area contributed by atoms with Gasteiger partial charge in [-0.3, -0.25) is 4.79 Å². The molecule has 1 fully saturated rings. The number of aromatic nitrogens is 1. The normalized spacial score (nSPS) is 15.2. The molecule has 1 saturated heterocycles. The molecule has 140 valence electrons. The number of rotatable bonds is 6. The maximum absolute atomic E-state index is 12.4. The highest BCUT2D eigenvalue weighted by molar-refractivity contribution is 7.18. The lowest BCUT2D eigenvalue weighted by Crippen LogP contribution is -3.08. The van der Waals surface area contributed by atoms with E-state index in [9.17, 15) is 4.79 Å². The van der Waals surface area contributed by atoms with Crippen molar-refractivity contribution in [3.8, 4) is 0 Å². The Kier molecular flexibility index (Phi) is 5.36. The summed E-state index contributed by atoms with van der Waals surface area (Å²) in [5, 5.41) is 4.07. The molecule has 1 aliphatic rings. The molecule has 5 nitrogen and oxygen atoms in total. The van der Waals surface area contributed by atoms with Gasteiger partial charge >= 0.3 is 0 Å². The van der Waals surface area contributed by atoms with Gasteiger partial charge in [-0.2, -0.15) is 0 Å². The quantitative estimate of drug-likeness (QED) is 0.690. The molecule has 2 heterocycles. The fraction of sp³-hybridized carbons (Fsp3) is 0.333. The van der Waals surface area contributed by atoms with E-state index in [4.69, 9.17) is 0 Å². The SMILES string of the molecule is C[NH+](CC(=O)Nc1ccc(N2CCCC2)cc1)Cc1nc2ccccc2s1. The zero-order chi connectivity index (χ0) is 18.6. The summed E-state index contributed by atoms with van der Waals surface area (Å²) in [6.45, 7) is 3.43. The maximum atomic E-state index is 12.4. The molecule has 2 N–H and O–H groups in total. The number of nitrogens with zero attached hydrogens (tertiary/aromatic N) is 2. The van der Waals surface area contributed by atoms with Crippen LogP contribution in [0.5, 0.6) is 0 Å². The second-order valence-electron chi connectivity index (χ2n) is 7.18. The van der Waals surface area contributed by atoms with Crippen molar-refractivity contribution in [3.63, 3.8) is 0 Å². The molecule has 0 spiro atoms. The number of hydrogen-bond donors (Lipinski definition) is 2. The first-order chi connectivity index (χ1) is 13.2. The van der Waals surface area contributed by atoms with E-state index in [0.717, 1.165) is 40.7 Å². The lowest BCUT2D eigenvalue weighted by molar-refractivity contribution is -0.885. The number of nitrogens with one attached hydrogen (secondary N) is 2. The van der Waals surface area contributed by atoms with Crippen LogP contribution in [-0.2, 0) is 11.3 Å². The Morgan fingerprint density at radius 3 is 2.63 bits per heavy atom. The van der Waals surface area contributed by atoms with Gasteiger partial charge in [0.15, 0.2) is 6.54 Å². The van der Waals surface area contributed by atoms with Crippen LogP contribution in [0, 0.1) is 0 Å². The average molecular weight is 382 g/mol. The highest BCUT2D eigenvalue weighted by Crippen LogP contribution is 2.22. The summed E-state index contributed by atoms with van der Waals surface area (Å²) in [6.07, 6.45) is 2.53. The van der Waals surface area contributed by atoms with Gasteiger partial charge < -0.3 is 15.1 Å². The minimum absolute atomic E-state index is 0.0301. The van der Waals surface area contributed by atoms with Crippen LogP contribution in [0.2, 0.25) is 0 Å². The summed E-state index contributed by atoms with van der Waals surface area (Å²) in [7, 11) is 2.03. The molecule has 1 aromatic heterocycles. The van der Waals surface area contributed by atoms with E-state index in [0.29, 0.717) is 6.54 Å². The number of hydrogen-bond acceptors (Lipinski definition) is 4. The van der Waals surface area contributed by atoms with Gasteiger partial charge in [-0.1, -0.05) is 12.1 Å². The van der Waals surface area contributed by atoms with Gasteiger partial charge in [0.25, 0.3) is 5.91 Å². The van der Waals surface area contributed by atoms with Crippen molar-refractivity contribution in [2.75, 3.05) is 36.9 Å². The third-order valence-electron chi connectivity index (χ3n) is 4.88. The van der Waals surface area contributed by atoms with Crippen LogP contribution < -0.4 is 15.1 Å². The van der Waals surface area contributed by atoms with Crippen molar-refractivity contribution in [2.45, 2.75) is 19.4 Å². The van der Waals surface area contributed by atoms with Crippen LogP contribution >= 0.6 is 11.3 Å². The third-order valence-corrected chi connectivity index (χ3v) is 5.91. The second kappa shape index (κ2) is 8.06. The largest absolute Gasteiger partial charge is 0.372 e. The molecule has 6 heteroatoms. The zero-order valence-electron chi connectivity index (χ0n) is 15.6. The summed E-state index contributed by atoms with van der Waals surface area (Å²) in [4.78, 5) is 20.5. The van der Waals surface area contributed by atoms with Crippen LogP contribution in [0.4, 0.5) is 11.4 Å². The summed E-state index contributed by atoms with van der Waals surface area (Å²) < 4.78 is 1.20. The summed E-state index contributed by atoms with van der Waals surface area (Å²) in [6, 6.07) is 16.3. The van der Waals surface area contributed by atoms with E-state index in [2.05, 4.69) is 33.4 Å². The molecule has 27 heavy (non-hydrogen) atoms. The highest BCUT2D eigenvalue weighted by atomic mass is 32.1. The molecule has 0 radical (unpaired) electrons. The van der Waals surface area contributed by atoms with E-state index in [1.165, 1.54) is 23.2 Å². The Morgan fingerprint density at radius 2 is 1.89 bits per heavy atom. The number of carbonyl (C=O) groups excluding carboxylic acids is 1. The van der Waals surface area contributed by atoms with Crippen LogP contribution in [0.15, 0.2) is 48.5 Å². The molecular formula is C21H25N4OS+. The third kappa shape index (κ3) is 4.46. The van der Waals surface area contributed by atoms with E-state index in [1.54, 1.807) is 11.3 Å². The Morgan fingerprint density at radius 1 is 1.15 bits per heavy atom. The zero-order valence-corrected chi connectivity index (χ0v) is 16.4. The van der Waals surface area contributed by atoms with Gasteiger partial charge in [-0.25, -0.2) is 4.98 Å². The number of thiazole rings is 1. The number of para-hydroxylation sites is 1. The average Bonchev–Trinajstić information content (AvgIpc) is 3.31. The first-order valence-electron chi connectivity index (χ1n) is 9.48. The topological polar surface area (TPSA) is 49.7 Å². The number of fused-ring (bicyclic) bond motifs is 1. The fourth-order valence-electron chi connectivity index (χ4n) is 3.53. The number of benzene rings is 2. The Hall–Kier alpha value is -2.44. The molecule has 3 aromatic rings. The first kappa shape index (κ1) is 17.9. The van der Waals surface area contributed by atoms with Crippen molar-refractivity contribution in [1.29, 1.82) is 0 Å². The van der Waals surface area contributed by atoms with Crippen molar-refractivity contribution < 1.29 is 9.69 Å². The molecule has 1 unspecified atom stereocenters. The summed E-state index contributed by atoms with van der Waals surface area (Å²) >= 11 is 1.70. The molecule has 1 atom stereocenters. The molecule has 2 aromatic carbocycles. The Bertz CT molecular complexity index is 882. The van der Waals surface area contributed by atoms with Gasteiger partial charge in [-0.15, -0.1) is 11.3 Å². The van der Waals surface area contributed by atoms with Crippen LogP contribution in [0.1, 0.15) is 17.8 Å². The number of likely N-dealkylation sites (N-methyl/N-ethyl adjacent to an activating group) is 1. The predicted molar refractivity (Wildman–Crippen MR) is 112 cm³/mol. The minimum Gasteiger partial charge on any atom is -0.372 e. The smallest absolute Gasteiger partial charge is 0.279 e. The molecule has 4 rings (SSSR count). The minimum atomic E-state index is 0.0301. The number of carbonyl (C=O) groups is 1. The molecule has 1 amide bonds. The number of quaternary nitrogens is 1. The Balaban J connectivity index is 1.30.